The highest BCUT2D eigenvalue weighted by molar-refractivity contribution is 6.30. The summed E-state index contributed by atoms with van der Waals surface area (Å²) in [4.78, 5) is 1.88. The Balaban J connectivity index is 0.00000288. The van der Waals surface area contributed by atoms with Gasteiger partial charge in [0, 0.05) is 37.8 Å². The number of hydrogen-bond donors (Lipinski definition) is 1. The van der Waals surface area contributed by atoms with Crippen LogP contribution in [0, 0.1) is 5.82 Å². The maximum absolute atomic E-state index is 14.5. The van der Waals surface area contributed by atoms with E-state index < -0.39 is 23.6 Å². The molecule has 9 heteroatoms. The maximum Gasteiger partial charge on any atom is 0.416 e. The third kappa shape index (κ3) is 6.00. The van der Waals surface area contributed by atoms with Crippen LogP contribution in [-0.4, -0.2) is 31.1 Å². The molecular weight excluding hydrogens is 403 g/mol. The third-order valence-corrected chi connectivity index (χ3v) is 4.30. The molecule has 0 amide bonds. The molecule has 25 heavy (non-hydrogen) atoms. The second-order valence-corrected chi connectivity index (χ2v) is 5.90. The number of benzene rings is 1. The molecule has 1 saturated heterocycles. The summed E-state index contributed by atoms with van der Waals surface area (Å²) in [5.41, 5.74) is -1.30. The van der Waals surface area contributed by atoms with Crippen LogP contribution in [0.15, 0.2) is 24.8 Å². The molecule has 0 radical (unpaired) electrons. The standard InChI is InChI=1S/C16H19ClF4N2.2ClH/c1-2-3-4-13(23-9-7-22-8-10-23)14-11(16(19,20)21)5-6-12(17)15(14)18;;/h2,5-6,13,22H,1,3-4,7-10H2;2*1H/t13-;;/m0../s1. The summed E-state index contributed by atoms with van der Waals surface area (Å²) in [7, 11) is 0. The highest BCUT2D eigenvalue weighted by atomic mass is 35.5. The average molecular weight is 424 g/mol. The van der Waals surface area contributed by atoms with Crippen LogP contribution >= 0.6 is 36.4 Å². The molecule has 1 fully saturated rings. The molecular formula is C16H21Cl3F4N2. The van der Waals surface area contributed by atoms with E-state index in [1.165, 1.54) is 0 Å². The quantitative estimate of drug-likeness (QED) is 0.514. The number of allylic oxidation sites excluding steroid dienone is 1. The minimum absolute atomic E-state index is 0. The Bertz CT molecular complexity index is 561. The Morgan fingerprint density at radius 2 is 1.84 bits per heavy atom. The smallest absolute Gasteiger partial charge is 0.314 e. The molecule has 0 spiro atoms. The molecule has 1 N–H and O–H groups in total. The minimum atomic E-state index is -4.62. The number of nitrogens with zero attached hydrogens (tertiary/aromatic N) is 1. The third-order valence-electron chi connectivity index (χ3n) is 4.01. The lowest BCUT2D eigenvalue weighted by atomic mass is 9.93. The van der Waals surface area contributed by atoms with Crippen molar-refractivity contribution in [3.8, 4) is 0 Å². The largest absolute Gasteiger partial charge is 0.416 e. The second-order valence-electron chi connectivity index (χ2n) is 5.49. The molecule has 2 nitrogen and oxygen atoms in total. The summed E-state index contributed by atoms with van der Waals surface area (Å²) in [6, 6.07) is 1.15. The molecule has 0 aliphatic carbocycles. The minimum Gasteiger partial charge on any atom is -0.314 e. The first-order valence-corrected chi connectivity index (χ1v) is 7.84. The van der Waals surface area contributed by atoms with Crippen LogP contribution < -0.4 is 5.32 Å². The molecule has 1 heterocycles. The number of nitrogens with one attached hydrogen (secondary N) is 1. The molecule has 1 aromatic rings. The van der Waals surface area contributed by atoms with Crippen molar-refractivity contribution >= 4 is 36.4 Å². The van der Waals surface area contributed by atoms with Gasteiger partial charge in [-0.1, -0.05) is 17.7 Å². The molecule has 1 atom stereocenters. The van der Waals surface area contributed by atoms with Crippen molar-refractivity contribution in [1.82, 2.24) is 10.2 Å². The topological polar surface area (TPSA) is 15.3 Å². The number of piperazine rings is 1. The number of halogens is 7. The predicted molar refractivity (Wildman–Crippen MR) is 97.5 cm³/mol. The summed E-state index contributed by atoms with van der Waals surface area (Å²) in [6.07, 6.45) is -2.13. The van der Waals surface area contributed by atoms with Crippen LogP contribution in [-0.2, 0) is 6.18 Å². The first kappa shape index (κ1) is 24.5. The molecule has 0 aromatic heterocycles. The van der Waals surface area contributed by atoms with Crippen LogP contribution in [0.2, 0.25) is 5.02 Å². The molecule has 2 rings (SSSR count). The maximum atomic E-state index is 14.5. The van der Waals surface area contributed by atoms with Gasteiger partial charge in [0.15, 0.2) is 0 Å². The van der Waals surface area contributed by atoms with Gasteiger partial charge in [-0.25, -0.2) is 4.39 Å². The van der Waals surface area contributed by atoms with Gasteiger partial charge in [-0.2, -0.15) is 13.2 Å². The van der Waals surface area contributed by atoms with E-state index in [1.807, 2.05) is 4.90 Å². The van der Waals surface area contributed by atoms with Crippen LogP contribution in [0.4, 0.5) is 17.6 Å². The van der Waals surface area contributed by atoms with Gasteiger partial charge >= 0.3 is 6.18 Å². The molecule has 0 unspecified atom stereocenters. The van der Waals surface area contributed by atoms with Crippen LogP contribution in [0.3, 0.4) is 0 Å². The average Bonchev–Trinajstić information content (AvgIpc) is 2.51. The normalized spacial score (nSPS) is 16.5. The Labute approximate surface area is 162 Å². The zero-order chi connectivity index (χ0) is 17.0. The van der Waals surface area contributed by atoms with Crippen LogP contribution in [0.1, 0.15) is 30.0 Å². The van der Waals surface area contributed by atoms with Gasteiger partial charge in [0.2, 0.25) is 0 Å². The van der Waals surface area contributed by atoms with E-state index >= 15 is 0 Å². The fourth-order valence-corrected chi connectivity index (χ4v) is 3.08. The fraction of sp³-hybridized carbons (Fsp3) is 0.500. The summed E-state index contributed by atoms with van der Waals surface area (Å²) < 4.78 is 54.6. The van der Waals surface area contributed by atoms with Crippen molar-refractivity contribution in [3.63, 3.8) is 0 Å². The molecule has 1 aliphatic rings. The van der Waals surface area contributed by atoms with E-state index in [2.05, 4.69) is 11.9 Å². The first-order chi connectivity index (χ1) is 10.9. The van der Waals surface area contributed by atoms with Crippen LogP contribution in [0.25, 0.3) is 0 Å². The lowest BCUT2D eigenvalue weighted by molar-refractivity contribution is -0.139. The zero-order valence-electron chi connectivity index (χ0n) is 13.4. The summed E-state index contributed by atoms with van der Waals surface area (Å²) in [5.74, 6) is -0.978. The van der Waals surface area contributed by atoms with Crippen molar-refractivity contribution in [1.29, 1.82) is 0 Å². The Morgan fingerprint density at radius 1 is 1.24 bits per heavy atom. The van der Waals surface area contributed by atoms with E-state index in [4.69, 9.17) is 11.6 Å². The predicted octanol–water partition coefficient (Wildman–Crippen LogP) is 5.25. The van der Waals surface area contributed by atoms with Gasteiger partial charge in [-0.15, -0.1) is 31.4 Å². The van der Waals surface area contributed by atoms with Crippen molar-refractivity contribution in [2.75, 3.05) is 26.2 Å². The van der Waals surface area contributed by atoms with E-state index in [1.54, 1.807) is 6.08 Å². The number of hydrogen-bond acceptors (Lipinski definition) is 2. The van der Waals surface area contributed by atoms with E-state index in [0.29, 0.717) is 39.0 Å². The lowest BCUT2D eigenvalue weighted by Gasteiger charge is -2.36. The number of alkyl halides is 3. The van der Waals surface area contributed by atoms with E-state index in [0.717, 1.165) is 12.1 Å². The Kier molecular flexibility index (Phi) is 10.4. The van der Waals surface area contributed by atoms with Gasteiger partial charge in [-0.3, -0.25) is 4.90 Å². The molecule has 0 saturated carbocycles. The molecule has 1 aromatic carbocycles. The molecule has 1 aliphatic heterocycles. The monoisotopic (exact) mass is 422 g/mol. The SMILES string of the molecule is C=CCC[C@@H](c1c(C(F)(F)F)ccc(Cl)c1F)N1CCNCC1.Cl.Cl. The fourth-order valence-electron chi connectivity index (χ4n) is 2.92. The Hall–Kier alpha value is -0.530. The summed E-state index contributed by atoms with van der Waals surface area (Å²) in [5, 5.41) is 2.86. The summed E-state index contributed by atoms with van der Waals surface area (Å²) in [6.45, 7) is 6.05. The van der Waals surface area contributed by atoms with Gasteiger partial charge in [0.25, 0.3) is 0 Å². The van der Waals surface area contributed by atoms with Crippen molar-refractivity contribution in [2.45, 2.75) is 25.1 Å². The highest BCUT2D eigenvalue weighted by Crippen LogP contribution is 2.41. The van der Waals surface area contributed by atoms with E-state index in [9.17, 15) is 17.6 Å². The van der Waals surface area contributed by atoms with Gasteiger partial charge in [0.05, 0.1) is 10.6 Å². The van der Waals surface area contributed by atoms with Gasteiger partial charge < -0.3 is 5.32 Å². The number of rotatable bonds is 5. The van der Waals surface area contributed by atoms with Gasteiger partial charge in [0.1, 0.15) is 5.82 Å². The zero-order valence-corrected chi connectivity index (χ0v) is 15.8. The highest BCUT2D eigenvalue weighted by Gasteiger charge is 2.39. The van der Waals surface area contributed by atoms with Crippen LogP contribution in [0.5, 0.6) is 0 Å². The summed E-state index contributed by atoms with van der Waals surface area (Å²) >= 11 is 5.76. The van der Waals surface area contributed by atoms with E-state index in [-0.39, 0.29) is 35.4 Å². The van der Waals surface area contributed by atoms with Crippen molar-refractivity contribution in [3.05, 3.63) is 46.8 Å². The second kappa shape index (κ2) is 10.6. The van der Waals surface area contributed by atoms with Gasteiger partial charge in [-0.05, 0) is 25.0 Å². The van der Waals surface area contributed by atoms with Crippen molar-refractivity contribution < 1.29 is 17.6 Å². The molecule has 144 valence electrons. The Morgan fingerprint density at radius 3 is 2.36 bits per heavy atom. The lowest BCUT2D eigenvalue weighted by Crippen LogP contribution is -2.45. The molecule has 0 bridgehead atoms. The van der Waals surface area contributed by atoms with Crippen molar-refractivity contribution in [2.24, 2.45) is 0 Å². The first-order valence-electron chi connectivity index (χ1n) is 7.47.